The van der Waals surface area contributed by atoms with Gasteiger partial charge in [0.1, 0.15) is 5.41 Å². The lowest BCUT2D eigenvalue weighted by molar-refractivity contribution is -0.143. The minimum atomic E-state index is -1.23. The Labute approximate surface area is 100 Å². The molecule has 4 N–H and O–H groups in total. The molecule has 1 heterocycles. The maximum Gasteiger partial charge on any atom is 0.264 e. The number of unbranched alkanes of at least 4 members (excludes halogenated alkanes) is 2. The first-order chi connectivity index (χ1) is 8.06. The molecule has 0 saturated carbocycles. The molecule has 1 atom stereocenters. The standard InChI is InChI=1S/C11H19N3O3/c1-2-3-4-5-11(6-7-15)8(16)13-10(12)14-9(11)17/h15H,2-7H2,1H3,(H3,12,13,14,16,17). The SMILES string of the molecule is CCCCC[C@]1(CCO)C(=O)N=C(N)NC1=O. The van der Waals surface area contributed by atoms with Crippen molar-refractivity contribution in [2.75, 3.05) is 6.61 Å². The molecule has 6 nitrogen and oxygen atoms in total. The fraction of sp³-hybridized carbons (Fsp3) is 0.727. The zero-order chi connectivity index (χ0) is 12.9. The molecule has 0 fully saturated rings. The van der Waals surface area contributed by atoms with Crippen molar-refractivity contribution in [3.05, 3.63) is 0 Å². The molecule has 1 aliphatic rings. The zero-order valence-corrected chi connectivity index (χ0v) is 10.0. The van der Waals surface area contributed by atoms with E-state index in [0.29, 0.717) is 6.42 Å². The number of nitrogens with one attached hydrogen (secondary N) is 1. The van der Waals surface area contributed by atoms with Gasteiger partial charge >= 0.3 is 0 Å². The molecule has 0 radical (unpaired) electrons. The molecule has 0 aliphatic carbocycles. The summed E-state index contributed by atoms with van der Waals surface area (Å²) in [6, 6.07) is 0. The minimum Gasteiger partial charge on any atom is -0.396 e. The van der Waals surface area contributed by atoms with Gasteiger partial charge in [0.2, 0.25) is 11.9 Å². The lowest BCUT2D eigenvalue weighted by atomic mass is 9.77. The minimum absolute atomic E-state index is 0.0954. The Balaban J connectivity index is 2.89. The molecule has 6 heteroatoms. The van der Waals surface area contributed by atoms with Crippen LogP contribution in [0.15, 0.2) is 4.99 Å². The fourth-order valence-electron chi connectivity index (χ4n) is 2.01. The first kappa shape index (κ1) is 13.6. The van der Waals surface area contributed by atoms with Gasteiger partial charge in [-0.25, -0.2) is 0 Å². The van der Waals surface area contributed by atoms with Gasteiger partial charge in [0.25, 0.3) is 5.91 Å². The van der Waals surface area contributed by atoms with Crippen LogP contribution in [0.25, 0.3) is 0 Å². The van der Waals surface area contributed by atoms with Crippen LogP contribution in [-0.4, -0.2) is 29.5 Å². The van der Waals surface area contributed by atoms with Gasteiger partial charge in [-0.1, -0.05) is 26.2 Å². The van der Waals surface area contributed by atoms with Crippen LogP contribution in [0.2, 0.25) is 0 Å². The number of hydrogen-bond acceptors (Lipinski definition) is 4. The Kier molecular flexibility index (Phi) is 4.62. The van der Waals surface area contributed by atoms with Crippen molar-refractivity contribution in [1.82, 2.24) is 5.32 Å². The third-order valence-electron chi connectivity index (χ3n) is 3.05. The van der Waals surface area contributed by atoms with Crippen LogP contribution in [0, 0.1) is 5.41 Å². The average Bonchev–Trinajstić information content (AvgIpc) is 2.25. The zero-order valence-electron chi connectivity index (χ0n) is 10.0. The predicted octanol–water partition coefficient (Wildman–Crippen LogP) is -0.0934. The van der Waals surface area contributed by atoms with Gasteiger partial charge in [0.05, 0.1) is 0 Å². The molecule has 1 aliphatic heterocycles. The van der Waals surface area contributed by atoms with Gasteiger partial charge in [-0.2, -0.15) is 4.99 Å². The maximum atomic E-state index is 11.9. The molecule has 0 bridgehead atoms. The molecule has 96 valence electrons. The molecule has 0 unspecified atom stereocenters. The highest BCUT2D eigenvalue weighted by Crippen LogP contribution is 2.32. The van der Waals surface area contributed by atoms with Crippen molar-refractivity contribution in [3.8, 4) is 0 Å². The number of aliphatic hydroxyl groups is 1. The van der Waals surface area contributed by atoms with E-state index in [1.165, 1.54) is 0 Å². The Bertz CT molecular complexity index is 341. The largest absolute Gasteiger partial charge is 0.396 e. The molecular formula is C11H19N3O3. The lowest BCUT2D eigenvalue weighted by Gasteiger charge is -2.31. The summed E-state index contributed by atoms with van der Waals surface area (Å²) < 4.78 is 0. The third kappa shape index (κ3) is 2.82. The molecule has 1 rings (SSSR count). The van der Waals surface area contributed by atoms with Crippen molar-refractivity contribution < 1.29 is 14.7 Å². The van der Waals surface area contributed by atoms with E-state index in [1.807, 2.05) is 6.92 Å². The average molecular weight is 241 g/mol. The molecule has 0 aromatic carbocycles. The fourth-order valence-corrected chi connectivity index (χ4v) is 2.01. The highest BCUT2D eigenvalue weighted by molar-refractivity contribution is 6.17. The van der Waals surface area contributed by atoms with Gasteiger partial charge < -0.3 is 10.8 Å². The Hall–Kier alpha value is -1.43. The summed E-state index contributed by atoms with van der Waals surface area (Å²) in [6.45, 7) is 1.82. The van der Waals surface area contributed by atoms with Gasteiger partial charge in [0, 0.05) is 6.61 Å². The number of aliphatic imine (C=N–C) groups is 1. The Morgan fingerprint density at radius 2 is 2.06 bits per heavy atom. The van der Waals surface area contributed by atoms with Crippen LogP contribution in [-0.2, 0) is 9.59 Å². The number of carbonyl (C=O) groups excluding carboxylic acids is 2. The molecule has 17 heavy (non-hydrogen) atoms. The third-order valence-corrected chi connectivity index (χ3v) is 3.05. The molecular weight excluding hydrogens is 222 g/mol. The monoisotopic (exact) mass is 241 g/mol. The van der Waals surface area contributed by atoms with Crippen molar-refractivity contribution in [3.63, 3.8) is 0 Å². The maximum absolute atomic E-state index is 11.9. The van der Waals surface area contributed by atoms with E-state index >= 15 is 0 Å². The topological polar surface area (TPSA) is 105 Å². The first-order valence-corrected chi connectivity index (χ1v) is 5.87. The van der Waals surface area contributed by atoms with Crippen LogP contribution in [0.5, 0.6) is 0 Å². The summed E-state index contributed by atoms with van der Waals surface area (Å²) in [5, 5.41) is 11.4. The second-order valence-corrected chi connectivity index (χ2v) is 4.27. The van der Waals surface area contributed by atoms with Gasteiger partial charge in [-0.15, -0.1) is 0 Å². The highest BCUT2D eigenvalue weighted by atomic mass is 16.3. The number of carbonyl (C=O) groups is 2. The highest BCUT2D eigenvalue weighted by Gasteiger charge is 2.47. The van der Waals surface area contributed by atoms with Crippen LogP contribution in [0.1, 0.15) is 39.0 Å². The van der Waals surface area contributed by atoms with Gasteiger partial charge in [0.15, 0.2) is 0 Å². The van der Waals surface area contributed by atoms with Crippen LogP contribution < -0.4 is 11.1 Å². The summed E-state index contributed by atoms with van der Waals surface area (Å²) >= 11 is 0. The van der Waals surface area contributed by atoms with Crippen molar-refractivity contribution in [2.24, 2.45) is 16.1 Å². The molecule has 0 spiro atoms. The van der Waals surface area contributed by atoms with E-state index in [2.05, 4.69) is 10.3 Å². The van der Waals surface area contributed by atoms with Crippen LogP contribution >= 0.6 is 0 Å². The van der Waals surface area contributed by atoms with E-state index in [1.54, 1.807) is 0 Å². The first-order valence-electron chi connectivity index (χ1n) is 5.87. The van der Waals surface area contributed by atoms with E-state index < -0.39 is 17.2 Å². The lowest BCUT2D eigenvalue weighted by Crippen LogP contribution is -2.55. The quantitative estimate of drug-likeness (QED) is 0.446. The summed E-state index contributed by atoms with van der Waals surface area (Å²) in [5.41, 5.74) is 4.09. The van der Waals surface area contributed by atoms with Gasteiger partial charge in [-0.05, 0) is 12.8 Å². The summed E-state index contributed by atoms with van der Waals surface area (Å²) in [4.78, 5) is 27.4. The normalized spacial score (nSPS) is 24.5. The molecule has 0 saturated heterocycles. The van der Waals surface area contributed by atoms with Crippen LogP contribution in [0.3, 0.4) is 0 Å². The summed E-state index contributed by atoms with van der Waals surface area (Å²) in [7, 11) is 0. The van der Waals surface area contributed by atoms with Crippen molar-refractivity contribution in [1.29, 1.82) is 0 Å². The number of guanidine groups is 1. The number of rotatable bonds is 6. The number of aliphatic hydroxyl groups excluding tert-OH is 1. The van der Waals surface area contributed by atoms with E-state index in [-0.39, 0.29) is 19.0 Å². The summed E-state index contributed by atoms with van der Waals surface area (Å²) in [6.07, 6.45) is 3.19. The smallest absolute Gasteiger partial charge is 0.264 e. The summed E-state index contributed by atoms with van der Waals surface area (Å²) in [5.74, 6) is -1.15. The molecule has 0 aromatic heterocycles. The Morgan fingerprint density at radius 1 is 1.35 bits per heavy atom. The molecule has 2 amide bonds. The second-order valence-electron chi connectivity index (χ2n) is 4.27. The number of hydrogen-bond donors (Lipinski definition) is 3. The van der Waals surface area contributed by atoms with Crippen molar-refractivity contribution in [2.45, 2.75) is 39.0 Å². The number of amides is 2. The number of nitrogens with zero attached hydrogens (tertiary/aromatic N) is 1. The van der Waals surface area contributed by atoms with E-state index in [0.717, 1.165) is 19.3 Å². The second kappa shape index (κ2) is 5.77. The van der Waals surface area contributed by atoms with Gasteiger partial charge in [-0.3, -0.25) is 14.9 Å². The predicted molar refractivity (Wildman–Crippen MR) is 63.0 cm³/mol. The Morgan fingerprint density at radius 3 is 2.59 bits per heavy atom. The van der Waals surface area contributed by atoms with Crippen molar-refractivity contribution >= 4 is 17.8 Å². The number of nitrogens with two attached hydrogens (primary N) is 1. The van der Waals surface area contributed by atoms with E-state index in [4.69, 9.17) is 10.8 Å². The van der Waals surface area contributed by atoms with Crippen LogP contribution in [0.4, 0.5) is 0 Å². The van der Waals surface area contributed by atoms with E-state index in [9.17, 15) is 9.59 Å². The molecule has 0 aromatic rings.